The number of hydrogen-bond donors (Lipinski definition) is 0. The molecule has 2 aromatic rings. The minimum Gasteiger partial charge on any atom is -0.467 e. The summed E-state index contributed by atoms with van der Waals surface area (Å²) in [5.41, 5.74) is 0. The number of piperazine rings is 1. The number of hydrogen-bond acceptors (Lipinski definition) is 5. The van der Waals surface area contributed by atoms with Gasteiger partial charge in [-0.15, -0.1) is 11.3 Å². The SMILES string of the molecule is O=C1CC(C(=O)N2CCN(Cc3cccs3)CC2)CN1Cc1ccco1. The quantitative estimate of drug-likeness (QED) is 0.805. The lowest BCUT2D eigenvalue weighted by atomic mass is 10.1. The first-order chi connectivity index (χ1) is 12.7. The minimum absolute atomic E-state index is 0.0380. The molecule has 2 aliphatic heterocycles. The van der Waals surface area contributed by atoms with Crippen LogP contribution in [0, 0.1) is 5.92 Å². The van der Waals surface area contributed by atoms with Gasteiger partial charge in [-0.25, -0.2) is 0 Å². The fraction of sp³-hybridized carbons (Fsp3) is 0.474. The van der Waals surface area contributed by atoms with E-state index < -0.39 is 0 Å². The predicted octanol–water partition coefficient (Wildman–Crippen LogP) is 2.03. The summed E-state index contributed by atoms with van der Waals surface area (Å²) in [6.07, 6.45) is 1.92. The predicted molar refractivity (Wildman–Crippen MR) is 98.4 cm³/mol. The second kappa shape index (κ2) is 7.63. The molecular formula is C19H23N3O3S. The summed E-state index contributed by atoms with van der Waals surface area (Å²) in [7, 11) is 0. The molecule has 2 saturated heterocycles. The molecular weight excluding hydrogens is 350 g/mol. The van der Waals surface area contributed by atoms with Crippen LogP contribution in [-0.2, 0) is 22.7 Å². The molecule has 2 fully saturated rings. The van der Waals surface area contributed by atoms with Crippen LogP contribution in [-0.4, -0.2) is 59.2 Å². The normalized spacial score (nSPS) is 21.5. The molecule has 26 heavy (non-hydrogen) atoms. The largest absolute Gasteiger partial charge is 0.467 e. The molecule has 0 saturated carbocycles. The molecule has 0 aliphatic carbocycles. The van der Waals surface area contributed by atoms with Gasteiger partial charge in [0, 0.05) is 50.6 Å². The van der Waals surface area contributed by atoms with Crippen molar-refractivity contribution in [3.8, 4) is 0 Å². The molecule has 2 amide bonds. The summed E-state index contributed by atoms with van der Waals surface area (Å²) >= 11 is 1.77. The molecule has 1 unspecified atom stereocenters. The van der Waals surface area contributed by atoms with Crippen molar-refractivity contribution in [3.63, 3.8) is 0 Å². The van der Waals surface area contributed by atoms with Gasteiger partial charge in [-0.1, -0.05) is 6.07 Å². The van der Waals surface area contributed by atoms with Gasteiger partial charge in [-0.05, 0) is 23.6 Å². The van der Waals surface area contributed by atoms with E-state index in [1.165, 1.54) is 4.88 Å². The Morgan fingerprint density at radius 3 is 2.69 bits per heavy atom. The third-order valence-electron chi connectivity index (χ3n) is 5.13. The van der Waals surface area contributed by atoms with E-state index in [4.69, 9.17) is 4.42 Å². The van der Waals surface area contributed by atoms with Crippen LogP contribution in [0.15, 0.2) is 40.3 Å². The van der Waals surface area contributed by atoms with Gasteiger partial charge in [-0.3, -0.25) is 14.5 Å². The smallest absolute Gasteiger partial charge is 0.228 e. The molecule has 7 heteroatoms. The molecule has 0 radical (unpaired) electrons. The Hall–Kier alpha value is -2.12. The van der Waals surface area contributed by atoms with E-state index in [2.05, 4.69) is 22.4 Å². The summed E-state index contributed by atoms with van der Waals surface area (Å²) in [4.78, 5) is 32.5. The number of carbonyl (C=O) groups excluding carboxylic acids is 2. The Morgan fingerprint density at radius 1 is 1.15 bits per heavy atom. The summed E-state index contributed by atoms with van der Waals surface area (Å²) in [6.45, 7) is 5.16. The van der Waals surface area contributed by atoms with Gasteiger partial charge in [0.05, 0.1) is 18.7 Å². The van der Waals surface area contributed by atoms with Gasteiger partial charge >= 0.3 is 0 Å². The van der Waals surface area contributed by atoms with Crippen molar-refractivity contribution in [1.82, 2.24) is 14.7 Å². The molecule has 1 atom stereocenters. The van der Waals surface area contributed by atoms with Crippen molar-refractivity contribution >= 4 is 23.2 Å². The van der Waals surface area contributed by atoms with Crippen LogP contribution in [0.3, 0.4) is 0 Å². The zero-order valence-electron chi connectivity index (χ0n) is 14.7. The Kier molecular flexibility index (Phi) is 5.08. The Bertz CT molecular complexity index is 736. The first-order valence-electron chi connectivity index (χ1n) is 9.03. The highest BCUT2D eigenvalue weighted by Gasteiger charge is 2.37. The van der Waals surface area contributed by atoms with Crippen molar-refractivity contribution in [3.05, 3.63) is 46.5 Å². The van der Waals surface area contributed by atoms with Crippen molar-refractivity contribution < 1.29 is 14.0 Å². The van der Waals surface area contributed by atoms with Crippen molar-refractivity contribution in [2.45, 2.75) is 19.5 Å². The van der Waals surface area contributed by atoms with Crippen molar-refractivity contribution in [2.75, 3.05) is 32.7 Å². The Labute approximate surface area is 157 Å². The molecule has 4 heterocycles. The lowest BCUT2D eigenvalue weighted by Crippen LogP contribution is -2.50. The number of furan rings is 1. The summed E-state index contributed by atoms with van der Waals surface area (Å²) < 4.78 is 5.32. The molecule has 0 N–H and O–H groups in total. The number of likely N-dealkylation sites (tertiary alicyclic amines) is 1. The van der Waals surface area contributed by atoms with Crippen LogP contribution in [0.1, 0.15) is 17.1 Å². The van der Waals surface area contributed by atoms with Crippen molar-refractivity contribution in [1.29, 1.82) is 0 Å². The highest BCUT2D eigenvalue weighted by atomic mass is 32.1. The van der Waals surface area contributed by atoms with Gasteiger partial charge in [0.15, 0.2) is 0 Å². The minimum atomic E-state index is -0.221. The fourth-order valence-corrected chi connectivity index (χ4v) is 4.43. The summed E-state index contributed by atoms with van der Waals surface area (Å²) in [5.74, 6) is 0.696. The zero-order valence-corrected chi connectivity index (χ0v) is 15.5. The van der Waals surface area contributed by atoms with Crippen LogP contribution >= 0.6 is 11.3 Å². The van der Waals surface area contributed by atoms with E-state index in [-0.39, 0.29) is 17.7 Å². The molecule has 0 aromatic carbocycles. The fourth-order valence-electron chi connectivity index (χ4n) is 3.69. The van der Waals surface area contributed by atoms with Crippen LogP contribution in [0.4, 0.5) is 0 Å². The average molecular weight is 373 g/mol. The van der Waals surface area contributed by atoms with E-state index in [1.54, 1.807) is 22.5 Å². The first kappa shape index (κ1) is 17.3. The lowest BCUT2D eigenvalue weighted by molar-refractivity contribution is -0.137. The highest BCUT2D eigenvalue weighted by Crippen LogP contribution is 2.23. The van der Waals surface area contributed by atoms with Crippen molar-refractivity contribution in [2.24, 2.45) is 5.92 Å². The second-order valence-corrected chi connectivity index (χ2v) is 7.97. The van der Waals surface area contributed by atoms with Crippen LogP contribution < -0.4 is 0 Å². The van der Waals surface area contributed by atoms with Gasteiger partial charge in [0.25, 0.3) is 0 Å². The molecule has 2 aliphatic rings. The third-order valence-corrected chi connectivity index (χ3v) is 6.00. The molecule has 2 aromatic heterocycles. The van der Waals surface area contributed by atoms with E-state index in [0.717, 1.165) is 38.5 Å². The monoisotopic (exact) mass is 373 g/mol. The van der Waals surface area contributed by atoms with E-state index in [9.17, 15) is 9.59 Å². The number of thiophene rings is 1. The molecule has 138 valence electrons. The lowest BCUT2D eigenvalue weighted by Gasteiger charge is -2.35. The van der Waals surface area contributed by atoms with Gasteiger partial charge in [0.2, 0.25) is 11.8 Å². The topological polar surface area (TPSA) is 57.0 Å². The molecule has 0 bridgehead atoms. The van der Waals surface area contributed by atoms with Crippen LogP contribution in [0.25, 0.3) is 0 Å². The second-order valence-electron chi connectivity index (χ2n) is 6.94. The molecule has 6 nitrogen and oxygen atoms in total. The van der Waals surface area contributed by atoms with Crippen LogP contribution in [0.2, 0.25) is 0 Å². The standard InChI is InChI=1S/C19H23N3O3S/c23-18-11-15(12-22(18)13-16-3-1-9-25-16)19(24)21-7-5-20(6-8-21)14-17-4-2-10-26-17/h1-4,9-10,15H,5-8,11-14H2. The van der Waals surface area contributed by atoms with Gasteiger partial charge in [0.1, 0.15) is 5.76 Å². The maximum Gasteiger partial charge on any atom is 0.228 e. The van der Waals surface area contributed by atoms with E-state index in [0.29, 0.717) is 19.5 Å². The van der Waals surface area contributed by atoms with Crippen LogP contribution in [0.5, 0.6) is 0 Å². The Balaban J connectivity index is 1.28. The summed E-state index contributed by atoms with van der Waals surface area (Å²) in [6, 6.07) is 7.90. The van der Waals surface area contributed by atoms with E-state index in [1.807, 2.05) is 17.0 Å². The number of nitrogens with zero attached hydrogens (tertiary/aromatic N) is 3. The average Bonchev–Trinajstić information content (AvgIpc) is 3.39. The number of rotatable bonds is 5. The zero-order chi connectivity index (χ0) is 17.9. The third kappa shape index (κ3) is 3.83. The van der Waals surface area contributed by atoms with E-state index >= 15 is 0 Å². The maximum atomic E-state index is 12.8. The summed E-state index contributed by atoms with van der Waals surface area (Å²) in [5, 5.41) is 2.10. The Morgan fingerprint density at radius 2 is 2.00 bits per heavy atom. The number of amides is 2. The first-order valence-corrected chi connectivity index (χ1v) is 9.90. The highest BCUT2D eigenvalue weighted by molar-refractivity contribution is 7.09. The number of carbonyl (C=O) groups is 2. The molecule has 0 spiro atoms. The van der Waals surface area contributed by atoms with Gasteiger partial charge < -0.3 is 14.2 Å². The maximum absolute atomic E-state index is 12.8. The molecule has 4 rings (SSSR count). The van der Waals surface area contributed by atoms with Gasteiger partial charge in [-0.2, -0.15) is 0 Å².